The number of piperazine rings is 1. The molecular weight excluding hydrogens is 461 g/mol. The Morgan fingerprint density at radius 2 is 1.76 bits per heavy atom. The average molecular weight is 481 g/mol. The van der Waals surface area contributed by atoms with Crippen LogP contribution in [0.2, 0.25) is 5.02 Å². The maximum Gasteiger partial charge on any atom is 0.341 e. The third-order valence-corrected chi connectivity index (χ3v) is 5.94. The number of halogens is 4. The second-order valence-corrected chi connectivity index (χ2v) is 8.54. The van der Waals surface area contributed by atoms with Gasteiger partial charge in [0.25, 0.3) is 0 Å². The molecule has 11 heteroatoms. The number of anilines is 2. The lowest BCUT2D eigenvalue weighted by molar-refractivity contribution is 0.0695. The van der Waals surface area contributed by atoms with Crippen molar-refractivity contribution in [2.24, 2.45) is 0 Å². The molecule has 7 nitrogen and oxygen atoms in total. The molecule has 1 aliphatic rings. The Bertz CT molecular complexity index is 1350. The van der Waals surface area contributed by atoms with Crippen LogP contribution in [0, 0.1) is 17.5 Å². The molecule has 0 aliphatic carbocycles. The van der Waals surface area contributed by atoms with Crippen molar-refractivity contribution in [1.29, 1.82) is 0 Å². The van der Waals surface area contributed by atoms with E-state index in [1.807, 2.05) is 13.8 Å². The van der Waals surface area contributed by atoms with Gasteiger partial charge in [0.2, 0.25) is 5.43 Å². The number of aromatic carboxylic acids is 1. The number of hydrogen-bond donors (Lipinski definition) is 3. The van der Waals surface area contributed by atoms with Crippen molar-refractivity contribution in [1.82, 2.24) is 9.88 Å². The summed E-state index contributed by atoms with van der Waals surface area (Å²) in [7, 11) is 0. The van der Waals surface area contributed by atoms with Gasteiger partial charge in [0.05, 0.1) is 33.0 Å². The number of fused-ring (bicyclic) bond motifs is 1. The van der Waals surface area contributed by atoms with Crippen LogP contribution in [0.4, 0.5) is 24.5 Å². The van der Waals surface area contributed by atoms with Crippen LogP contribution >= 0.6 is 11.6 Å². The fourth-order valence-corrected chi connectivity index (χ4v) is 4.69. The highest BCUT2D eigenvalue weighted by Gasteiger charge is 2.29. The van der Waals surface area contributed by atoms with Gasteiger partial charge in [0.15, 0.2) is 0 Å². The van der Waals surface area contributed by atoms with Crippen molar-refractivity contribution < 1.29 is 23.1 Å². The van der Waals surface area contributed by atoms with Gasteiger partial charge in [-0.2, -0.15) is 0 Å². The first-order chi connectivity index (χ1) is 15.5. The molecule has 2 unspecified atom stereocenters. The van der Waals surface area contributed by atoms with Gasteiger partial charge in [-0.25, -0.2) is 18.0 Å². The minimum absolute atomic E-state index is 0.00363. The molecule has 0 spiro atoms. The zero-order valence-corrected chi connectivity index (χ0v) is 18.4. The molecule has 1 saturated heterocycles. The van der Waals surface area contributed by atoms with E-state index in [9.17, 15) is 23.5 Å². The van der Waals surface area contributed by atoms with Gasteiger partial charge in [0, 0.05) is 37.4 Å². The molecule has 1 fully saturated rings. The summed E-state index contributed by atoms with van der Waals surface area (Å²) in [6.45, 7) is 4.64. The van der Waals surface area contributed by atoms with E-state index in [1.54, 1.807) is 4.90 Å². The van der Waals surface area contributed by atoms with Crippen molar-refractivity contribution in [3.05, 3.63) is 62.7 Å². The minimum atomic E-state index is -1.60. The van der Waals surface area contributed by atoms with Crippen molar-refractivity contribution in [3.63, 3.8) is 0 Å². The fraction of sp³-hybridized carbons (Fsp3) is 0.273. The van der Waals surface area contributed by atoms with Gasteiger partial charge >= 0.3 is 5.97 Å². The van der Waals surface area contributed by atoms with Gasteiger partial charge in [-0.3, -0.25) is 4.79 Å². The van der Waals surface area contributed by atoms with Crippen molar-refractivity contribution in [2.75, 3.05) is 23.7 Å². The molecule has 3 aromatic rings. The van der Waals surface area contributed by atoms with E-state index in [4.69, 9.17) is 17.3 Å². The van der Waals surface area contributed by atoms with Crippen LogP contribution in [0.15, 0.2) is 29.2 Å². The molecule has 4 rings (SSSR count). The van der Waals surface area contributed by atoms with Crippen LogP contribution in [0.3, 0.4) is 0 Å². The van der Waals surface area contributed by atoms with Crippen LogP contribution in [0.1, 0.15) is 24.2 Å². The van der Waals surface area contributed by atoms with E-state index < -0.39 is 40.1 Å². The quantitative estimate of drug-likeness (QED) is 0.496. The predicted molar refractivity (Wildman–Crippen MR) is 120 cm³/mol. The molecule has 0 saturated carbocycles. The summed E-state index contributed by atoms with van der Waals surface area (Å²) in [5.74, 6) is -4.51. The SMILES string of the molecule is CC1CN(c2c(F)cc3c(=O)c(C(=O)O)cn(-c4cc(N)c(F)cc4F)c3c2Cl)CC(C)N1. The number of hydrogen-bond acceptors (Lipinski definition) is 5. The van der Waals surface area contributed by atoms with Gasteiger partial charge < -0.3 is 25.6 Å². The monoisotopic (exact) mass is 480 g/mol. The highest BCUT2D eigenvalue weighted by atomic mass is 35.5. The number of nitrogens with two attached hydrogens (primary N) is 1. The van der Waals surface area contributed by atoms with Gasteiger partial charge in [-0.1, -0.05) is 11.6 Å². The third-order valence-electron chi connectivity index (χ3n) is 5.59. The molecule has 4 N–H and O–H groups in total. The first-order valence-corrected chi connectivity index (χ1v) is 10.4. The van der Waals surface area contributed by atoms with Crippen molar-refractivity contribution in [3.8, 4) is 5.69 Å². The average Bonchev–Trinajstić information content (AvgIpc) is 2.70. The standard InChI is InChI=1S/C22H20ClF3N4O3/c1-9-6-29(7-10(2)28-9)20-15(26)3-11-19(18(20)23)30(8-12(21(11)31)22(32)33)17-5-16(27)13(24)4-14(17)25/h3-5,8-10,28H,6-7,27H2,1-2H3,(H,32,33). The summed E-state index contributed by atoms with van der Waals surface area (Å²) in [5.41, 5.74) is 3.00. The number of carboxylic acids is 1. The number of rotatable bonds is 3. The van der Waals surface area contributed by atoms with Crippen LogP contribution in [-0.2, 0) is 0 Å². The van der Waals surface area contributed by atoms with E-state index in [2.05, 4.69) is 5.32 Å². The fourth-order valence-electron chi connectivity index (χ4n) is 4.28. The van der Waals surface area contributed by atoms with E-state index in [1.165, 1.54) is 0 Å². The first-order valence-electron chi connectivity index (χ1n) is 10.1. The van der Waals surface area contributed by atoms with Gasteiger partial charge in [-0.05, 0) is 26.0 Å². The van der Waals surface area contributed by atoms with Crippen molar-refractivity contribution >= 4 is 39.8 Å². The molecule has 2 aromatic carbocycles. The summed E-state index contributed by atoms with van der Waals surface area (Å²) in [6, 6.07) is 2.39. The zero-order valence-electron chi connectivity index (χ0n) is 17.6. The van der Waals surface area contributed by atoms with E-state index >= 15 is 4.39 Å². The Balaban J connectivity index is 2.11. The molecule has 0 radical (unpaired) electrons. The second kappa shape index (κ2) is 8.27. The summed E-state index contributed by atoms with van der Waals surface area (Å²) in [6.07, 6.45) is 0.874. The molecule has 1 aliphatic heterocycles. The lowest BCUT2D eigenvalue weighted by Crippen LogP contribution is -2.54. The lowest BCUT2D eigenvalue weighted by atomic mass is 10.1. The molecule has 0 bridgehead atoms. The topological polar surface area (TPSA) is 101 Å². The Kier molecular flexibility index (Phi) is 5.75. The van der Waals surface area contributed by atoms with Crippen molar-refractivity contribution in [2.45, 2.75) is 25.9 Å². The molecule has 174 valence electrons. The van der Waals surface area contributed by atoms with E-state index in [0.29, 0.717) is 19.2 Å². The number of carboxylic acid groups (broad SMARTS) is 1. The third kappa shape index (κ3) is 3.89. The second-order valence-electron chi connectivity index (χ2n) is 8.16. The molecule has 0 amide bonds. The maximum absolute atomic E-state index is 15.3. The molecular formula is C22H20ClF3N4O3. The number of benzene rings is 2. The minimum Gasteiger partial charge on any atom is -0.477 e. The summed E-state index contributed by atoms with van der Waals surface area (Å²) >= 11 is 6.62. The van der Waals surface area contributed by atoms with Gasteiger partial charge in [-0.15, -0.1) is 0 Å². The van der Waals surface area contributed by atoms with Crippen LogP contribution in [0.25, 0.3) is 16.6 Å². The van der Waals surface area contributed by atoms with Crippen LogP contribution in [0.5, 0.6) is 0 Å². The molecule has 2 heterocycles. The Morgan fingerprint density at radius 3 is 2.36 bits per heavy atom. The summed E-state index contributed by atoms with van der Waals surface area (Å²) in [5, 5.41) is 12.2. The van der Waals surface area contributed by atoms with Crippen LogP contribution in [-0.4, -0.2) is 40.8 Å². The lowest BCUT2D eigenvalue weighted by Gasteiger charge is -2.38. The van der Waals surface area contributed by atoms with E-state index in [-0.39, 0.29) is 39.4 Å². The Labute approximate surface area is 191 Å². The molecule has 1 aromatic heterocycles. The predicted octanol–water partition coefficient (Wildman–Crippen LogP) is 3.53. The normalized spacial score (nSPS) is 18.7. The highest BCUT2D eigenvalue weighted by molar-refractivity contribution is 6.38. The smallest absolute Gasteiger partial charge is 0.341 e. The highest BCUT2D eigenvalue weighted by Crippen LogP contribution is 2.38. The number of aromatic nitrogens is 1. The Hall–Kier alpha value is -3.24. The number of pyridine rings is 1. The summed E-state index contributed by atoms with van der Waals surface area (Å²) < 4.78 is 44.8. The number of nitrogens with one attached hydrogen (secondary N) is 1. The van der Waals surface area contributed by atoms with Gasteiger partial charge in [0.1, 0.15) is 23.0 Å². The largest absolute Gasteiger partial charge is 0.477 e. The molecule has 33 heavy (non-hydrogen) atoms. The number of nitrogens with zero attached hydrogens (tertiary/aromatic N) is 2. The molecule has 2 atom stereocenters. The van der Waals surface area contributed by atoms with E-state index in [0.717, 1.165) is 22.9 Å². The van der Waals surface area contributed by atoms with Crippen LogP contribution < -0.4 is 21.4 Å². The zero-order chi connectivity index (χ0) is 24.2. The Morgan fingerprint density at radius 1 is 1.12 bits per heavy atom. The summed E-state index contributed by atoms with van der Waals surface area (Å²) in [4.78, 5) is 26.2. The number of carbonyl (C=O) groups is 1. The first kappa shape index (κ1) is 22.9. The maximum atomic E-state index is 15.3. The number of nitrogen functional groups attached to an aromatic ring is 1.